The van der Waals surface area contributed by atoms with Crippen LogP contribution in [0.5, 0.6) is 0 Å². The number of hydrogen-bond acceptors (Lipinski definition) is 4. The summed E-state index contributed by atoms with van der Waals surface area (Å²) in [5, 5.41) is 16.2. The number of rotatable bonds is 3. The van der Waals surface area contributed by atoms with Gasteiger partial charge >= 0.3 is 0 Å². The van der Waals surface area contributed by atoms with Gasteiger partial charge in [0.25, 0.3) is 0 Å². The third-order valence-corrected chi connectivity index (χ3v) is 0.961. The van der Waals surface area contributed by atoms with E-state index in [9.17, 15) is 4.79 Å². The Morgan fingerprint density at radius 1 is 1.64 bits per heavy atom. The average Bonchev–Trinajstić information content (AvgIpc) is 1.89. The van der Waals surface area contributed by atoms with Crippen molar-refractivity contribution in [2.24, 2.45) is 5.73 Å². The van der Waals surface area contributed by atoms with E-state index in [2.05, 4.69) is 18.4 Å². The summed E-state index contributed by atoms with van der Waals surface area (Å²) in [6.07, 6.45) is 0.795. The number of primary amides is 1. The summed E-state index contributed by atoms with van der Waals surface area (Å²) in [6, 6.07) is 0. The van der Waals surface area contributed by atoms with Crippen LogP contribution in [0.3, 0.4) is 0 Å². The maximum atomic E-state index is 9.34. The largest absolute Gasteiger partial charge is 0.396 e. The van der Waals surface area contributed by atoms with Gasteiger partial charge in [-0.05, 0) is 6.42 Å². The molecule has 4 N–H and O–H groups in total. The minimum atomic E-state index is -0.690. The molecule has 0 aromatic carbocycles. The van der Waals surface area contributed by atoms with Crippen LogP contribution in [0.2, 0.25) is 0 Å². The molecule has 0 spiro atoms. The highest BCUT2D eigenvalue weighted by atomic mass is 32.1. The highest BCUT2D eigenvalue weighted by Crippen LogP contribution is 1.95. The van der Waals surface area contributed by atoms with Crippen LogP contribution >= 0.6 is 12.6 Å². The highest BCUT2D eigenvalue weighted by Gasteiger charge is 1.87. The first kappa shape index (κ1) is 13.3. The highest BCUT2D eigenvalue weighted by molar-refractivity contribution is 7.80. The third kappa shape index (κ3) is 26.0. The van der Waals surface area contributed by atoms with Crippen LogP contribution in [-0.4, -0.2) is 34.6 Å². The molecule has 0 saturated carbocycles. The van der Waals surface area contributed by atoms with Gasteiger partial charge < -0.3 is 15.9 Å². The Kier molecular flexibility index (Phi) is 11.8. The number of aliphatic hydroxyl groups excluding tert-OH is 2. The molecule has 1 atom stereocenters. The SMILES string of the molecule is CC(S)CCO.NC(=O)CO. The van der Waals surface area contributed by atoms with Crippen LogP contribution in [0.15, 0.2) is 0 Å². The Labute approximate surface area is 71.8 Å². The van der Waals surface area contributed by atoms with Crippen LogP contribution in [0.1, 0.15) is 13.3 Å². The van der Waals surface area contributed by atoms with Gasteiger partial charge in [-0.3, -0.25) is 4.79 Å². The number of nitrogens with two attached hydrogens (primary N) is 1. The molecule has 1 amide bonds. The predicted octanol–water partition coefficient (Wildman–Crippen LogP) is -0.849. The molecule has 4 nitrogen and oxygen atoms in total. The maximum Gasteiger partial charge on any atom is 0.243 e. The van der Waals surface area contributed by atoms with E-state index in [1.807, 2.05) is 6.92 Å². The Bertz CT molecular complexity index is 97.8. The number of amides is 1. The van der Waals surface area contributed by atoms with Gasteiger partial charge in [-0.2, -0.15) is 12.6 Å². The molecule has 0 bridgehead atoms. The number of aliphatic hydroxyl groups is 2. The quantitative estimate of drug-likeness (QED) is 0.428. The van der Waals surface area contributed by atoms with Gasteiger partial charge in [0.05, 0.1) is 0 Å². The van der Waals surface area contributed by atoms with Crippen molar-refractivity contribution in [1.82, 2.24) is 0 Å². The Hall–Kier alpha value is -0.260. The molecule has 11 heavy (non-hydrogen) atoms. The first-order chi connectivity index (χ1) is 5.04. The van der Waals surface area contributed by atoms with Crippen LogP contribution < -0.4 is 5.73 Å². The van der Waals surface area contributed by atoms with Crippen LogP contribution in [0.4, 0.5) is 0 Å². The molecule has 0 aromatic rings. The van der Waals surface area contributed by atoms with Crippen molar-refractivity contribution in [3.8, 4) is 0 Å². The fourth-order valence-corrected chi connectivity index (χ4v) is 0.302. The predicted molar refractivity (Wildman–Crippen MR) is 46.4 cm³/mol. The van der Waals surface area contributed by atoms with Crippen molar-refractivity contribution in [3.63, 3.8) is 0 Å². The molecule has 0 aromatic heterocycles. The van der Waals surface area contributed by atoms with Crippen molar-refractivity contribution in [2.45, 2.75) is 18.6 Å². The van der Waals surface area contributed by atoms with Crippen molar-refractivity contribution in [2.75, 3.05) is 13.2 Å². The minimum Gasteiger partial charge on any atom is -0.396 e. The monoisotopic (exact) mass is 181 g/mol. The first-order valence-corrected chi connectivity index (χ1v) is 3.74. The number of thiol groups is 1. The molecule has 0 aliphatic carbocycles. The lowest BCUT2D eigenvalue weighted by atomic mass is 10.4. The third-order valence-electron chi connectivity index (χ3n) is 0.703. The first-order valence-electron chi connectivity index (χ1n) is 3.22. The molecule has 0 aliphatic rings. The maximum absolute atomic E-state index is 9.34. The molecular weight excluding hydrogens is 166 g/mol. The lowest BCUT2D eigenvalue weighted by molar-refractivity contribution is -0.120. The van der Waals surface area contributed by atoms with E-state index in [-0.39, 0.29) is 6.61 Å². The summed E-state index contributed by atoms with van der Waals surface area (Å²) in [7, 11) is 0. The van der Waals surface area contributed by atoms with E-state index < -0.39 is 12.5 Å². The van der Waals surface area contributed by atoms with Crippen molar-refractivity contribution in [1.29, 1.82) is 0 Å². The normalized spacial score (nSPS) is 11.3. The van der Waals surface area contributed by atoms with E-state index in [1.54, 1.807) is 0 Å². The Morgan fingerprint density at radius 3 is 2.00 bits per heavy atom. The summed E-state index contributed by atoms with van der Waals surface area (Å²) in [6.45, 7) is 1.66. The summed E-state index contributed by atoms with van der Waals surface area (Å²) in [5.41, 5.74) is 4.40. The summed E-state index contributed by atoms with van der Waals surface area (Å²) >= 11 is 4.02. The van der Waals surface area contributed by atoms with Crippen molar-refractivity contribution < 1.29 is 15.0 Å². The smallest absolute Gasteiger partial charge is 0.243 e. The van der Waals surface area contributed by atoms with E-state index in [4.69, 9.17) is 10.2 Å². The molecule has 0 rings (SSSR count). The van der Waals surface area contributed by atoms with E-state index in [0.717, 1.165) is 6.42 Å². The zero-order valence-corrected chi connectivity index (χ0v) is 7.42. The second-order valence-corrected chi connectivity index (χ2v) is 2.87. The molecule has 1 unspecified atom stereocenters. The second-order valence-electron chi connectivity index (χ2n) is 1.99. The molecular formula is C6H15NO3S. The molecule has 0 saturated heterocycles. The molecule has 0 radical (unpaired) electrons. The lowest BCUT2D eigenvalue weighted by Gasteiger charge is -1.94. The standard InChI is InChI=1S/C4H10OS.C2H5NO2/c1-4(6)2-3-5;3-2(5)1-4/h4-6H,2-3H2,1H3;4H,1H2,(H2,3,5). The summed E-state index contributed by atoms with van der Waals surface area (Å²) in [4.78, 5) is 9.34. The molecule has 0 fully saturated rings. The molecule has 0 heterocycles. The van der Waals surface area contributed by atoms with Gasteiger partial charge in [-0.15, -0.1) is 0 Å². The van der Waals surface area contributed by atoms with Gasteiger partial charge in [0, 0.05) is 11.9 Å². The average molecular weight is 181 g/mol. The van der Waals surface area contributed by atoms with Crippen LogP contribution in [-0.2, 0) is 4.79 Å². The van der Waals surface area contributed by atoms with Gasteiger partial charge in [0.15, 0.2) is 0 Å². The van der Waals surface area contributed by atoms with Gasteiger partial charge in [0.1, 0.15) is 6.61 Å². The zero-order valence-electron chi connectivity index (χ0n) is 6.53. The fourth-order valence-electron chi connectivity index (χ4n) is 0.187. The topological polar surface area (TPSA) is 83.5 Å². The number of carbonyl (C=O) groups excluding carboxylic acids is 1. The molecule has 5 heteroatoms. The second kappa shape index (κ2) is 9.74. The number of hydrogen-bond donors (Lipinski definition) is 4. The molecule has 0 aliphatic heterocycles. The van der Waals surface area contributed by atoms with E-state index in [1.165, 1.54) is 0 Å². The summed E-state index contributed by atoms with van der Waals surface area (Å²) < 4.78 is 0. The van der Waals surface area contributed by atoms with Crippen LogP contribution in [0.25, 0.3) is 0 Å². The van der Waals surface area contributed by atoms with Gasteiger partial charge in [0.2, 0.25) is 5.91 Å². The lowest BCUT2D eigenvalue weighted by Crippen LogP contribution is -2.14. The van der Waals surface area contributed by atoms with Crippen molar-refractivity contribution in [3.05, 3.63) is 0 Å². The Morgan fingerprint density at radius 2 is 2.00 bits per heavy atom. The fraction of sp³-hybridized carbons (Fsp3) is 0.833. The van der Waals surface area contributed by atoms with E-state index in [0.29, 0.717) is 5.25 Å². The minimum absolute atomic E-state index is 0.255. The number of carbonyl (C=O) groups is 1. The van der Waals surface area contributed by atoms with Gasteiger partial charge in [-0.25, -0.2) is 0 Å². The zero-order chi connectivity index (χ0) is 9.28. The van der Waals surface area contributed by atoms with E-state index >= 15 is 0 Å². The molecule has 68 valence electrons. The Balaban J connectivity index is 0. The van der Waals surface area contributed by atoms with Crippen molar-refractivity contribution >= 4 is 18.5 Å². The summed E-state index contributed by atoms with van der Waals surface area (Å²) in [5.74, 6) is -0.690. The van der Waals surface area contributed by atoms with Gasteiger partial charge in [-0.1, -0.05) is 6.92 Å². The van der Waals surface area contributed by atoms with Crippen LogP contribution in [0, 0.1) is 0 Å².